The molecule has 2 aromatic carbocycles. The Hall–Kier alpha value is -4.38. The van der Waals surface area contributed by atoms with Crippen LogP contribution in [0.2, 0.25) is 0 Å². The fraction of sp³-hybridized carbons (Fsp3) is 0.419. The Bertz CT molecular complexity index is 1410. The Balaban J connectivity index is 1.10. The molecule has 2 saturated heterocycles. The maximum Gasteiger partial charge on any atom is 0.254 e. The molecule has 220 valence electrons. The van der Waals surface area contributed by atoms with Crippen molar-refractivity contribution in [1.82, 2.24) is 20.0 Å². The quantitative estimate of drug-likeness (QED) is 0.402. The average Bonchev–Trinajstić information content (AvgIpc) is 3.66. The van der Waals surface area contributed by atoms with E-state index in [1.54, 1.807) is 30.2 Å². The zero-order chi connectivity index (χ0) is 28.9. The predicted molar refractivity (Wildman–Crippen MR) is 155 cm³/mol. The summed E-state index contributed by atoms with van der Waals surface area (Å²) in [4.78, 5) is 32.7. The second kappa shape index (κ2) is 12.6. The maximum atomic E-state index is 13.6. The molecule has 3 aromatic rings. The van der Waals surface area contributed by atoms with Crippen molar-refractivity contribution in [1.29, 1.82) is 0 Å². The second-order valence-corrected chi connectivity index (χ2v) is 10.6. The van der Waals surface area contributed by atoms with Crippen molar-refractivity contribution in [3.05, 3.63) is 60.2 Å². The Kier molecular flexibility index (Phi) is 8.36. The van der Waals surface area contributed by atoms with Gasteiger partial charge in [-0.1, -0.05) is 12.1 Å². The number of benzene rings is 2. The minimum absolute atomic E-state index is 0.0117. The number of carbonyl (C=O) groups excluding carboxylic acids is 2. The summed E-state index contributed by atoms with van der Waals surface area (Å²) in [7, 11) is 1.64. The van der Waals surface area contributed by atoms with E-state index in [1.165, 1.54) is 0 Å². The molecule has 4 heterocycles. The van der Waals surface area contributed by atoms with Gasteiger partial charge in [0.25, 0.3) is 5.91 Å². The second-order valence-electron chi connectivity index (χ2n) is 10.6. The molecule has 11 nitrogen and oxygen atoms in total. The normalized spacial score (nSPS) is 18.1. The van der Waals surface area contributed by atoms with Crippen LogP contribution in [0.25, 0.3) is 11.3 Å². The first-order valence-corrected chi connectivity index (χ1v) is 14.4. The topological polar surface area (TPSA) is 107 Å². The molecule has 0 bridgehead atoms. The van der Waals surface area contributed by atoms with Crippen LogP contribution in [0.5, 0.6) is 17.2 Å². The molecule has 2 amide bonds. The lowest BCUT2D eigenvalue weighted by atomic mass is 10.1. The van der Waals surface area contributed by atoms with E-state index in [1.807, 2.05) is 41.3 Å². The molecule has 11 heteroatoms. The largest absolute Gasteiger partial charge is 0.497 e. The molecule has 0 saturated carbocycles. The van der Waals surface area contributed by atoms with Crippen LogP contribution in [0.1, 0.15) is 29.6 Å². The molecule has 0 N–H and O–H groups in total. The average molecular weight is 574 g/mol. The molecule has 1 atom stereocenters. The van der Waals surface area contributed by atoms with E-state index in [0.29, 0.717) is 49.8 Å². The van der Waals surface area contributed by atoms with E-state index >= 15 is 0 Å². The van der Waals surface area contributed by atoms with Gasteiger partial charge in [-0.2, -0.15) is 0 Å². The van der Waals surface area contributed by atoms with E-state index in [4.69, 9.17) is 18.9 Å². The number of anilines is 1. The molecule has 3 aliphatic rings. The van der Waals surface area contributed by atoms with Crippen LogP contribution in [0, 0.1) is 0 Å². The molecular formula is C31H35N5O6. The van der Waals surface area contributed by atoms with Crippen molar-refractivity contribution in [3.63, 3.8) is 0 Å². The van der Waals surface area contributed by atoms with Gasteiger partial charge in [0.15, 0.2) is 17.3 Å². The van der Waals surface area contributed by atoms with E-state index < -0.39 is 0 Å². The first-order valence-electron chi connectivity index (χ1n) is 14.4. The van der Waals surface area contributed by atoms with Gasteiger partial charge in [-0.25, -0.2) is 0 Å². The Morgan fingerprint density at radius 2 is 1.88 bits per heavy atom. The van der Waals surface area contributed by atoms with Crippen LogP contribution >= 0.6 is 0 Å². The Labute approximate surface area is 244 Å². The zero-order valence-electron chi connectivity index (χ0n) is 23.7. The number of carbonyl (C=O) groups is 2. The first kappa shape index (κ1) is 27.8. The number of hydrogen-bond donors (Lipinski definition) is 0. The summed E-state index contributed by atoms with van der Waals surface area (Å²) in [6, 6.07) is 16.8. The van der Waals surface area contributed by atoms with Crippen molar-refractivity contribution in [2.45, 2.75) is 25.4 Å². The van der Waals surface area contributed by atoms with Crippen LogP contribution in [0.3, 0.4) is 0 Å². The highest BCUT2D eigenvalue weighted by atomic mass is 16.7. The van der Waals surface area contributed by atoms with Gasteiger partial charge in [-0.3, -0.25) is 9.59 Å². The summed E-state index contributed by atoms with van der Waals surface area (Å²) < 4.78 is 22.0. The van der Waals surface area contributed by atoms with Crippen LogP contribution in [0.15, 0.2) is 54.6 Å². The van der Waals surface area contributed by atoms with Gasteiger partial charge in [-0.15, -0.1) is 10.2 Å². The van der Waals surface area contributed by atoms with E-state index in [2.05, 4.69) is 15.1 Å². The van der Waals surface area contributed by atoms with E-state index in [-0.39, 0.29) is 31.3 Å². The number of nitrogens with zero attached hydrogens (tertiary/aromatic N) is 5. The third-order valence-electron chi connectivity index (χ3n) is 7.87. The Morgan fingerprint density at radius 1 is 0.976 bits per heavy atom. The lowest BCUT2D eigenvalue weighted by Gasteiger charge is -2.28. The summed E-state index contributed by atoms with van der Waals surface area (Å²) in [5, 5.41) is 8.92. The molecule has 0 spiro atoms. The highest BCUT2D eigenvalue weighted by Gasteiger charge is 2.29. The van der Waals surface area contributed by atoms with Gasteiger partial charge in [0, 0.05) is 50.5 Å². The van der Waals surface area contributed by atoms with Crippen molar-refractivity contribution >= 4 is 17.6 Å². The zero-order valence-corrected chi connectivity index (χ0v) is 23.7. The molecule has 2 fully saturated rings. The third kappa shape index (κ3) is 6.25. The summed E-state index contributed by atoms with van der Waals surface area (Å²) in [5.74, 6) is 2.39. The van der Waals surface area contributed by atoms with Gasteiger partial charge in [0.05, 0.1) is 18.9 Å². The minimum Gasteiger partial charge on any atom is -0.497 e. The molecule has 3 aliphatic heterocycles. The standard InChI is InChI=1S/C31H35N5O6/c1-39-24-6-2-5-22(17-24)26-9-11-29(33-32-26)34-12-4-13-35(15-14-34)30(37)20-36(19-25-7-3-16-40-25)31(38)23-8-10-27-28(18-23)42-21-41-27/h2,5-6,8-11,17-18,25H,3-4,7,12-16,19-21H2,1H3. The lowest BCUT2D eigenvalue weighted by molar-refractivity contribution is -0.132. The van der Waals surface area contributed by atoms with Crippen LogP contribution < -0.4 is 19.1 Å². The van der Waals surface area contributed by atoms with Gasteiger partial charge >= 0.3 is 0 Å². The number of methoxy groups -OCH3 is 1. The van der Waals surface area contributed by atoms with Gasteiger partial charge in [0.1, 0.15) is 12.3 Å². The van der Waals surface area contributed by atoms with E-state index in [9.17, 15) is 9.59 Å². The number of fused-ring (bicyclic) bond motifs is 1. The number of hydrogen-bond acceptors (Lipinski definition) is 9. The molecule has 0 radical (unpaired) electrons. The van der Waals surface area contributed by atoms with Crippen molar-refractivity contribution < 1.29 is 28.5 Å². The van der Waals surface area contributed by atoms with Crippen molar-refractivity contribution in [3.8, 4) is 28.5 Å². The number of rotatable bonds is 8. The van der Waals surface area contributed by atoms with Gasteiger partial charge in [-0.05, 0) is 61.7 Å². The summed E-state index contributed by atoms with van der Waals surface area (Å²) in [6.45, 7) is 3.69. The van der Waals surface area contributed by atoms with Gasteiger partial charge < -0.3 is 33.6 Å². The van der Waals surface area contributed by atoms with E-state index in [0.717, 1.165) is 48.6 Å². The number of ether oxygens (including phenoxy) is 4. The van der Waals surface area contributed by atoms with Crippen molar-refractivity contribution in [2.24, 2.45) is 0 Å². The number of aromatic nitrogens is 2. The fourth-order valence-electron chi connectivity index (χ4n) is 5.56. The monoisotopic (exact) mass is 573 g/mol. The third-order valence-corrected chi connectivity index (χ3v) is 7.87. The lowest BCUT2D eigenvalue weighted by Crippen LogP contribution is -2.46. The van der Waals surface area contributed by atoms with Crippen molar-refractivity contribution in [2.75, 3.05) is 64.7 Å². The Morgan fingerprint density at radius 3 is 2.69 bits per heavy atom. The molecule has 1 unspecified atom stereocenters. The minimum atomic E-state index is -0.222. The molecule has 0 aliphatic carbocycles. The van der Waals surface area contributed by atoms with Crippen LogP contribution in [-0.2, 0) is 9.53 Å². The SMILES string of the molecule is COc1cccc(-c2ccc(N3CCCN(C(=O)CN(CC4CCCO4)C(=O)c4ccc5c(c4)OCO5)CC3)nn2)c1. The van der Waals surface area contributed by atoms with Crippen LogP contribution in [0.4, 0.5) is 5.82 Å². The number of amides is 2. The van der Waals surface area contributed by atoms with Gasteiger partial charge in [0.2, 0.25) is 12.7 Å². The predicted octanol–water partition coefficient (Wildman–Crippen LogP) is 3.24. The summed E-state index contributed by atoms with van der Waals surface area (Å²) in [6.07, 6.45) is 2.53. The fourth-order valence-corrected chi connectivity index (χ4v) is 5.56. The molecular weight excluding hydrogens is 538 g/mol. The smallest absolute Gasteiger partial charge is 0.254 e. The maximum absolute atomic E-state index is 13.6. The molecule has 6 rings (SSSR count). The summed E-state index contributed by atoms with van der Waals surface area (Å²) in [5.41, 5.74) is 2.16. The summed E-state index contributed by atoms with van der Waals surface area (Å²) >= 11 is 0. The highest BCUT2D eigenvalue weighted by Crippen LogP contribution is 2.33. The molecule has 1 aromatic heterocycles. The highest BCUT2D eigenvalue weighted by molar-refractivity contribution is 5.97. The van der Waals surface area contributed by atoms with Crippen LogP contribution in [-0.4, -0.2) is 97.7 Å². The first-order chi connectivity index (χ1) is 20.6. The molecule has 42 heavy (non-hydrogen) atoms.